The quantitative estimate of drug-likeness (QED) is 0.591. The predicted molar refractivity (Wildman–Crippen MR) is 57.6 cm³/mol. The molecule has 0 fully saturated rings. The summed E-state index contributed by atoms with van der Waals surface area (Å²) in [6, 6.07) is 1.84. The van der Waals surface area contributed by atoms with E-state index in [4.69, 9.17) is 0 Å². The van der Waals surface area contributed by atoms with Crippen molar-refractivity contribution >= 4 is 22.1 Å². The van der Waals surface area contributed by atoms with Crippen LogP contribution in [0.3, 0.4) is 0 Å². The summed E-state index contributed by atoms with van der Waals surface area (Å²) in [5.41, 5.74) is 1.83. The van der Waals surface area contributed by atoms with Crippen LogP contribution >= 0.6 is 11.3 Å². The fourth-order valence-electron chi connectivity index (χ4n) is 0.955. The standard InChI is InChI=1S/C10H13NOS/c1-7(2)6-11-10-9(8(3)12)4-5-13-10/h4-5,11H,1,6H2,2-3H3. The molecule has 2 nitrogen and oxygen atoms in total. The lowest BCUT2D eigenvalue weighted by molar-refractivity contribution is 0.101. The first kappa shape index (κ1) is 9.99. The Labute approximate surface area is 82.3 Å². The van der Waals surface area contributed by atoms with E-state index in [0.717, 1.165) is 22.7 Å². The number of rotatable bonds is 4. The summed E-state index contributed by atoms with van der Waals surface area (Å²) >= 11 is 1.55. The van der Waals surface area contributed by atoms with E-state index >= 15 is 0 Å². The molecule has 1 aromatic rings. The van der Waals surface area contributed by atoms with Crippen LogP contribution in [-0.2, 0) is 0 Å². The van der Waals surface area contributed by atoms with Crippen molar-refractivity contribution in [2.45, 2.75) is 13.8 Å². The van der Waals surface area contributed by atoms with E-state index in [1.54, 1.807) is 18.3 Å². The molecule has 1 rings (SSSR count). The van der Waals surface area contributed by atoms with Crippen LogP contribution in [-0.4, -0.2) is 12.3 Å². The SMILES string of the molecule is C=C(C)CNc1sccc1C(C)=O. The van der Waals surface area contributed by atoms with E-state index in [-0.39, 0.29) is 5.78 Å². The molecule has 1 heterocycles. The van der Waals surface area contributed by atoms with Crippen LogP contribution in [0, 0.1) is 0 Å². The Kier molecular flexibility index (Phi) is 3.25. The van der Waals surface area contributed by atoms with Gasteiger partial charge in [-0.1, -0.05) is 12.2 Å². The van der Waals surface area contributed by atoms with Crippen LogP contribution < -0.4 is 5.32 Å². The highest BCUT2D eigenvalue weighted by Gasteiger charge is 2.07. The highest BCUT2D eigenvalue weighted by molar-refractivity contribution is 7.14. The number of nitrogens with one attached hydrogen (secondary N) is 1. The molecule has 0 atom stereocenters. The summed E-state index contributed by atoms with van der Waals surface area (Å²) in [5, 5.41) is 6.03. The van der Waals surface area contributed by atoms with E-state index in [9.17, 15) is 4.79 Å². The van der Waals surface area contributed by atoms with Gasteiger partial charge < -0.3 is 5.32 Å². The Hall–Kier alpha value is -1.09. The van der Waals surface area contributed by atoms with Crippen LogP contribution in [0.4, 0.5) is 5.00 Å². The van der Waals surface area contributed by atoms with Crippen molar-refractivity contribution in [1.29, 1.82) is 0 Å². The Bertz CT molecular complexity index is 327. The monoisotopic (exact) mass is 195 g/mol. The van der Waals surface area contributed by atoms with Gasteiger partial charge in [0.1, 0.15) is 0 Å². The second kappa shape index (κ2) is 4.23. The fraction of sp³-hybridized carbons (Fsp3) is 0.300. The number of thiophene rings is 1. The molecular weight excluding hydrogens is 182 g/mol. The summed E-state index contributed by atoms with van der Waals surface area (Å²) in [6.45, 7) is 8.04. The lowest BCUT2D eigenvalue weighted by Gasteiger charge is -2.04. The van der Waals surface area contributed by atoms with Crippen LogP contribution in [0.2, 0.25) is 0 Å². The number of carbonyl (C=O) groups excluding carboxylic acids is 1. The molecule has 0 spiro atoms. The lowest BCUT2D eigenvalue weighted by atomic mass is 10.2. The molecule has 1 aromatic heterocycles. The molecule has 0 amide bonds. The van der Waals surface area contributed by atoms with Gasteiger partial charge in [0.05, 0.1) is 10.6 Å². The zero-order valence-electron chi connectivity index (χ0n) is 7.89. The van der Waals surface area contributed by atoms with Gasteiger partial charge in [0, 0.05) is 6.54 Å². The summed E-state index contributed by atoms with van der Waals surface area (Å²) in [5.74, 6) is 0.102. The first-order chi connectivity index (χ1) is 6.11. The topological polar surface area (TPSA) is 29.1 Å². The largest absolute Gasteiger partial charge is 0.373 e. The molecule has 70 valence electrons. The van der Waals surface area contributed by atoms with Crippen LogP contribution in [0.1, 0.15) is 24.2 Å². The van der Waals surface area contributed by atoms with Crippen LogP contribution in [0.25, 0.3) is 0 Å². The van der Waals surface area contributed by atoms with E-state index in [2.05, 4.69) is 11.9 Å². The minimum atomic E-state index is 0.102. The molecule has 0 aromatic carbocycles. The minimum Gasteiger partial charge on any atom is -0.373 e. The molecule has 0 unspecified atom stereocenters. The zero-order chi connectivity index (χ0) is 9.84. The molecule has 0 bridgehead atoms. The number of Topliss-reactive ketones (excluding diaryl/α,β-unsaturated/α-hetero) is 1. The van der Waals surface area contributed by atoms with E-state index in [0.29, 0.717) is 0 Å². The molecule has 3 heteroatoms. The fourth-order valence-corrected chi connectivity index (χ4v) is 1.79. The maximum atomic E-state index is 11.1. The maximum absolute atomic E-state index is 11.1. The maximum Gasteiger partial charge on any atom is 0.162 e. The van der Waals surface area contributed by atoms with Crippen molar-refractivity contribution in [3.63, 3.8) is 0 Å². The molecule has 0 saturated heterocycles. The number of hydrogen-bond donors (Lipinski definition) is 1. The van der Waals surface area contributed by atoms with Crippen LogP contribution in [0.15, 0.2) is 23.6 Å². The van der Waals surface area contributed by atoms with Crippen molar-refractivity contribution in [3.05, 3.63) is 29.2 Å². The highest BCUT2D eigenvalue weighted by atomic mass is 32.1. The van der Waals surface area contributed by atoms with Crippen LogP contribution in [0.5, 0.6) is 0 Å². The van der Waals surface area contributed by atoms with Gasteiger partial charge in [0.15, 0.2) is 5.78 Å². The molecule has 0 aliphatic carbocycles. The van der Waals surface area contributed by atoms with Gasteiger partial charge in [-0.3, -0.25) is 4.79 Å². The first-order valence-corrected chi connectivity index (χ1v) is 4.96. The third-order valence-corrected chi connectivity index (χ3v) is 2.47. The second-order valence-electron chi connectivity index (χ2n) is 3.03. The molecule has 1 N–H and O–H groups in total. The van der Waals surface area contributed by atoms with Gasteiger partial charge in [0.25, 0.3) is 0 Å². The average molecular weight is 195 g/mol. The van der Waals surface area contributed by atoms with Gasteiger partial charge in [-0.05, 0) is 25.3 Å². The second-order valence-corrected chi connectivity index (χ2v) is 3.95. The zero-order valence-corrected chi connectivity index (χ0v) is 8.70. The Morgan fingerprint density at radius 1 is 1.62 bits per heavy atom. The number of carbonyl (C=O) groups is 1. The van der Waals surface area contributed by atoms with E-state index < -0.39 is 0 Å². The first-order valence-electron chi connectivity index (χ1n) is 4.08. The Morgan fingerprint density at radius 2 is 2.31 bits per heavy atom. The number of anilines is 1. The summed E-state index contributed by atoms with van der Waals surface area (Å²) < 4.78 is 0. The van der Waals surface area contributed by atoms with Gasteiger partial charge in [-0.25, -0.2) is 0 Å². The molecule has 0 aliphatic heterocycles. The van der Waals surface area contributed by atoms with Gasteiger partial charge in [0.2, 0.25) is 0 Å². The molecule has 13 heavy (non-hydrogen) atoms. The summed E-state index contributed by atoms with van der Waals surface area (Å²) in [6.07, 6.45) is 0. The number of ketones is 1. The molecule has 0 radical (unpaired) electrons. The predicted octanol–water partition coefficient (Wildman–Crippen LogP) is 2.94. The van der Waals surface area contributed by atoms with E-state index in [1.165, 1.54) is 0 Å². The van der Waals surface area contributed by atoms with Crippen molar-refractivity contribution in [1.82, 2.24) is 0 Å². The normalized spacial score (nSPS) is 9.69. The van der Waals surface area contributed by atoms with Crippen molar-refractivity contribution in [2.75, 3.05) is 11.9 Å². The third kappa shape index (κ3) is 2.70. The minimum absolute atomic E-state index is 0.102. The highest BCUT2D eigenvalue weighted by Crippen LogP contribution is 2.23. The smallest absolute Gasteiger partial charge is 0.162 e. The van der Waals surface area contributed by atoms with Crippen molar-refractivity contribution < 1.29 is 4.79 Å². The molecule has 0 saturated carbocycles. The average Bonchev–Trinajstić information content (AvgIpc) is 2.47. The third-order valence-electron chi connectivity index (χ3n) is 1.60. The van der Waals surface area contributed by atoms with Gasteiger partial charge in [-0.2, -0.15) is 0 Å². The lowest BCUT2D eigenvalue weighted by Crippen LogP contribution is -2.03. The summed E-state index contributed by atoms with van der Waals surface area (Å²) in [4.78, 5) is 11.1. The molecular formula is C10H13NOS. The molecule has 0 aliphatic rings. The Balaban J connectivity index is 2.71. The Morgan fingerprint density at radius 3 is 2.85 bits per heavy atom. The van der Waals surface area contributed by atoms with Crippen molar-refractivity contribution in [3.8, 4) is 0 Å². The van der Waals surface area contributed by atoms with Crippen molar-refractivity contribution in [2.24, 2.45) is 0 Å². The van der Waals surface area contributed by atoms with Gasteiger partial charge in [-0.15, -0.1) is 11.3 Å². The van der Waals surface area contributed by atoms with E-state index in [1.807, 2.05) is 18.4 Å². The van der Waals surface area contributed by atoms with Gasteiger partial charge >= 0.3 is 0 Å². The summed E-state index contributed by atoms with van der Waals surface area (Å²) in [7, 11) is 0. The number of hydrogen-bond acceptors (Lipinski definition) is 3.